The summed E-state index contributed by atoms with van der Waals surface area (Å²) in [4.78, 5) is 22.7. The van der Waals surface area contributed by atoms with Crippen molar-refractivity contribution in [2.24, 2.45) is 17.6 Å². The van der Waals surface area contributed by atoms with Gasteiger partial charge in [-0.2, -0.15) is 0 Å². The Kier molecular flexibility index (Phi) is 3.66. The summed E-state index contributed by atoms with van der Waals surface area (Å²) in [5.74, 6) is -0.932. The Hall–Kier alpha value is -1.10. The number of amides is 1. The van der Waals surface area contributed by atoms with Gasteiger partial charge >= 0.3 is 5.97 Å². The fourth-order valence-corrected chi connectivity index (χ4v) is 2.91. The SMILES string of the molecule is NC1CCC(C(=O)N[C@H]2CC[C@@H](C(=O)O)C2)C1. The molecule has 0 aromatic carbocycles. The van der Waals surface area contributed by atoms with Gasteiger partial charge in [0.05, 0.1) is 5.92 Å². The quantitative estimate of drug-likeness (QED) is 0.669. The molecule has 17 heavy (non-hydrogen) atoms. The van der Waals surface area contributed by atoms with Gasteiger partial charge in [-0.3, -0.25) is 9.59 Å². The Balaban J connectivity index is 1.78. The average molecular weight is 240 g/mol. The molecule has 5 heteroatoms. The number of hydrogen-bond acceptors (Lipinski definition) is 3. The molecule has 0 saturated heterocycles. The summed E-state index contributed by atoms with van der Waals surface area (Å²) in [6.07, 6.45) is 4.56. The molecule has 0 aromatic heterocycles. The summed E-state index contributed by atoms with van der Waals surface area (Å²) in [5.41, 5.74) is 5.78. The van der Waals surface area contributed by atoms with Crippen LogP contribution in [0.5, 0.6) is 0 Å². The molecule has 4 N–H and O–H groups in total. The predicted octanol–water partition coefficient (Wildman–Crippen LogP) is 0.483. The lowest BCUT2D eigenvalue weighted by Gasteiger charge is -2.16. The number of nitrogens with one attached hydrogen (secondary N) is 1. The van der Waals surface area contributed by atoms with E-state index in [2.05, 4.69) is 5.32 Å². The van der Waals surface area contributed by atoms with E-state index in [1.807, 2.05) is 0 Å². The zero-order valence-corrected chi connectivity index (χ0v) is 9.89. The maximum atomic E-state index is 11.9. The summed E-state index contributed by atoms with van der Waals surface area (Å²) in [7, 11) is 0. The first-order valence-corrected chi connectivity index (χ1v) is 6.35. The molecule has 96 valence electrons. The van der Waals surface area contributed by atoms with Gasteiger partial charge in [0.25, 0.3) is 0 Å². The number of carbonyl (C=O) groups is 2. The van der Waals surface area contributed by atoms with Gasteiger partial charge in [-0.15, -0.1) is 0 Å². The molecule has 2 fully saturated rings. The lowest BCUT2D eigenvalue weighted by molar-refractivity contribution is -0.141. The molecule has 0 heterocycles. The van der Waals surface area contributed by atoms with E-state index in [9.17, 15) is 9.59 Å². The van der Waals surface area contributed by atoms with Crippen molar-refractivity contribution >= 4 is 11.9 Å². The minimum Gasteiger partial charge on any atom is -0.481 e. The topological polar surface area (TPSA) is 92.4 Å². The summed E-state index contributed by atoms with van der Waals surface area (Å²) < 4.78 is 0. The van der Waals surface area contributed by atoms with Crippen molar-refractivity contribution in [2.45, 2.75) is 50.6 Å². The first kappa shape index (κ1) is 12.4. The molecular weight excluding hydrogens is 220 g/mol. The van der Waals surface area contributed by atoms with Gasteiger partial charge < -0.3 is 16.2 Å². The molecule has 2 saturated carbocycles. The van der Waals surface area contributed by atoms with Crippen molar-refractivity contribution in [2.75, 3.05) is 0 Å². The van der Waals surface area contributed by atoms with Crippen molar-refractivity contribution in [3.63, 3.8) is 0 Å². The van der Waals surface area contributed by atoms with Crippen LogP contribution < -0.4 is 11.1 Å². The minimum absolute atomic E-state index is 0.0360. The van der Waals surface area contributed by atoms with E-state index in [4.69, 9.17) is 10.8 Å². The Bertz CT molecular complexity index is 319. The summed E-state index contributed by atoms with van der Waals surface area (Å²) >= 11 is 0. The third kappa shape index (κ3) is 2.97. The van der Waals surface area contributed by atoms with E-state index in [1.165, 1.54) is 0 Å². The third-order valence-electron chi connectivity index (χ3n) is 3.97. The highest BCUT2D eigenvalue weighted by Crippen LogP contribution is 2.28. The molecule has 5 nitrogen and oxygen atoms in total. The molecule has 0 aromatic rings. The standard InChI is InChI=1S/C12H20N2O3/c13-9-3-1-7(5-9)11(15)14-10-4-2-8(6-10)12(16)17/h7-10H,1-6,13H2,(H,14,15)(H,16,17)/t7?,8-,9?,10+/m1/s1. The van der Waals surface area contributed by atoms with Gasteiger partial charge in [0.15, 0.2) is 0 Å². The predicted molar refractivity (Wildman–Crippen MR) is 62.2 cm³/mol. The van der Waals surface area contributed by atoms with Crippen LogP contribution in [0.25, 0.3) is 0 Å². The molecule has 0 aliphatic heterocycles. The smallest absolute Gasteiger partial charge is 0.306 e. The van der Waals surface area contributed by atoms with Crippen LogP contribution in [0.2, 0.25) is 0 Å². The second-order valence-corrected chi connectivity index (χ2v) is 5.32. The number of carbonyl (C=O) groups excluding carboxylic acids is 1. The number of hydrogen-bond donors (Lipinski definition) is 3. The fourth-order valence-electron chi connectivity index (χ4n) is 2.91. The van der Waals surface area contributed by atoms with Crippen LogP contribution >= 0.6 is 0 Å². The third-order valence-corrected chi connectivity index (χ3v) is 3.97. The molecule has 0 spiro atoms. The molecule has 2 unspecified atom stereocenters. The molecule has 2 rings (SSSR count). The molecule has 1 amide bonds. The second-order valence-electron chi connectivity index (χ2n) is 5.32. The number of carboxylic acids is 1. The van der Waals surface area contributed by atoms with Crippen LogP contribution in [0, 0.1) is 11.8 Å². The second kappa shape index (κ2) is 5.04. The largest absolute Gasteiger partial charge is 0.481 e. The van der Waals surface area contributed by atoms with E-state index in [1.54, 1.807) is 0 Å². The minimum atomic E-state index is -0.746. The number of rotatable bonds is 3. The summed E-state index contributed by atoms with van der Waals surface area (Å²) in [5, 5.41) is 11.9. The van der Waals surface area contributed by atoms with Crippen molar-refractivity contribution in [1.29, 1.82) is 0 Å². The van der Waals surface area contributed by atoms with Crippen molar-refractivity contribution in [3.05, 3.63) is 0 Å². The number of carboxylic acid groups (broad SMARTS) is 1. The van der Waals surface area contributed by atoms with Crippen LogP contribution in [0.15, 0.2) is 0 Å². The first-order valence-electron chi connectivity index (χ1n) is 6.35. The highest BCUT2D eigenvalue weighted by atomic mass is 16.4. The number of nitrogens with two attached hydrogens (primary N) is 1. The molecule has 0 radical (unpaired) electrons. The van der Waals surface area contributed by atoms with Crippen LogP contribution in [0.4, 0.5) is 0 Å². The van der Waals surface area contributed by atoms with Gasteiger partial charge in [-0.25, -0.2) is 0 Å². The maximum absolute atomic E-state index is 11.9. The lowest BCUT2D eigenvalue weighted by Crippen LogP contribution is -2.37. The van der Waals surface area contributed by atoms with E-state index in [0.29, 0.717) is 12.8 Å². The van der Waals surface area contributed by atoms with Crippen LogP contribution in [0.3, 0.4) is 0 Å². The Morgan fingerprint density at radius 1 is 1.06 bits per heavy atom. The van der Waals surface area contributed by atoms with E-state index < -0.39 is 5.97 Å². The van der Waals surface area contributed by atoms with E-state index >= 15 is 0 Å². The van der Waals surface area contributed by atoms with Gasteiger partial charge in [0.2, 0.25) is 5.91 Å². The highest BCUT2D eigenvalue weighted by Gasteiger charge is 2.33. The van der Waals surface area contributed by atoms with Gasteiger partial charge in [0, 0.05) is 18.0 Å². The molecular formula is C12H20N2O3. The molecule has 4 atom stereocenters. The van der Waals surface area contributed by atoms with Crippen LogP contribution in [0.1, 0.15) is 38.5 Å². The van der Waals surface area contributed by atoms with Gasteiger partial charge in [-0.1, -0.05) is 0 Å². The Morgan fingerprint density at radius 2 is 1.76 bits per heavy atom. The lowest BCUT2D eigenvalue weighted by atomic mass is 10.1. The Morgan fingerprint density at radius 3 is 2.29 bits per heavy atom. The number of aliphatic carboxylic acids is 1. The molecule has 2 aliphatic carbocycles. The van der Waals surface area contributed by atoms with Crippen LogP contribution in [-0.2, 0) is 9.59 Å². The summed E-state index contributed by atoms with van der Waals surface area (Å²) in [6, 6.07) is 0.196. The normalized spacial score (nSPS) is 37.0. The fraction of sp³-hybridized carbons (Fsp3) is 0.833. The highest BCUT2D eigenvalue weighted by molar-refractivity contribution is 5.79. The van der Waals surface area contributed by atoms with Gasteiger partial charge in [-0.05, 0) is 38.5 Å². The van der Waals surface area contributed by atoms with Crippen molar-refractivity contribution < 1.29 is 14.7 Å². The first-order chi connectivity index (χ1) is 8.06. The zero-order chi connectivity index (χ0) is 12.4. The zero-order valence-electron chi connectivity index (χ0n) is 9.89. The Labute approximate surface area is 101 Å². The van der Waals surface area contributed by atoms with Crippen molar-refractivity contribution in [3.8, 4) is 0 Å². The summed E-state index contributed by atoms with van der Waals surface area (Å²) in [6.45, 7) is 0. The van der Waals surface area contributed by atoms with E-state index in [-0.39, 0.29) is 29.8 Å². The van der Waals surface area contributed by atoms with E-state index in [0.717, 1.165) is 25.7 Å². The van der Waals surface area contributed by atoms with Crippen LogP contribution in [-0.4, -0.2) is 29.1 Å². The molecule has 2 aliphatic rings. The monoisotopic (exact) mass is 240 g/mol. The van der Waals surface area contributed by atoms with Crippen molar-refractivity contribution in [1.82, 2.24) is 5.32 Å². The molecule has 0 bridgehead atoms. The van der Waals surface area contributed by atoms with Gasteiger partial charge in [0.1, 0.15) is 0 Å². The maximum Gasteiger partial charge on any atom is 0.306 e. The average Bonchev–Trinajstić information content (AvgIpc) is 2.86.